The molecule has 0 aliphatic carbocycles. The van der Waals surface area contributed by atoms with Crippen LogP contribution >= 0.6 is 0 Å². The zero-order chi connectivity index (χ0) is 23.4. The number of rotatable bonds is 12. The molecule has 1 aromatic rings. The Morgan fingerprint density at radius 2 is 1.71 bits per heavy atom. The van der Waals surface area contributed by atoms with Crippen LogP contribution in [0.1, 0.15) is 39.2 Å². The van der Waals surface area contributed by atoms with E-state index in [4.69, 9.17) is 9.47 Å². The van der Waals surface area contributed by atoms with E-state index < -0.39 is 53.9 Å². The van der Waals surface area contributed by atoms with Gasteiger partial charge in [-0.25, -0.2) is 13.6 Å². The Balaban J connectivity index is 2.55. The summed E-state index contributed by atoms with van der Waals surface area (Å²) in [6.07, 6.45) is 0.0504. The van der Waals surface area contributed by atoms with E-state index in [1.165, 1.54) is 6.07 Å². The van der Waals surface area contributed by atoms with Gasteiger partial charge in [0.15, 0.2) is 11.6 Å². The van der Waals surface area contributed by atoms with E-state index in [-0.39, 0.29) is 32.5 Å². The van der Waals surface area contributed by atoms with Gasteiger partial charge >= 0.3 is 11.9 Å². The first-order chi connectivity index (χ1) is 14.7. The molecule has 10 heteroatoms. The van der Waals surface area contributed by atoms with Gasteiger partial charge in [0.05, 0.1) is 19.8 Å². The largest absolute Gasteiger partial charge is 0.466 e. The maximum Gasteiger partial charge on any atom is 0.328 e. The van der Waals surface area contributed by atoms with Crippen molar-refractivity contribution in [1.82, 2.24) is 10.6 Å². The Labute approximate surface area is 179 Å². The highest BCUT2D eigenvalue weighted by molar-refractivity contribution is 5.89. The molecule has 2 atom stereocenters. The molecule has 0 heterocycles. The lowest BCUT2D eigenvalue weighted by Crippen LogP contribution is -2.47. The number of nitrogens with one attached hydrogen (secondary N) is 2. The average molecular weight is 442 g/mol. The molecule has 1 aromatic carbocycles. The summed E-state index contributed by atoms with van der Waals surface area (Å²) in [6.45, 7) is 4.73. The third-order valence-corrected chi connectivity index (χ3v) is 4.25. The summed E-state index contributed by atoms with van der Waals surface area (Å²) in [6, 6.07) is 2.31. The summed E-state index contributed by atoms with van der Waals surface area (Å²) < 4.78 is 36.0. The van der Waals surface area contributed by atoms with Crippen LogP contribution in [0.4, 0.5) is 8.78 Å². The molecule has 2 amide bonds. The Morgan fingerprint density at radius 1 is 1.03 bits per heavy atom. The van der Waals surface area contributed by atoms with Crippen LogP contribution in [0.5, 0.6) is 0 Å². The fourth-order valence-corrected chi connectivity index (χ4v) is 2.69. The van der Waals surface area contributed by atoms with E-state index in [1.54, 1.807) is 20.8 Å². The molecule has 0 bridgehead atoms. The van der Waals surface area contributed by atoms with Crippen molar-refractivity contribution >= 4 is 23.8 Å². The summed E-state index contributed by atoms with van der Waals surface area (Å²) in [7, 11) is 0. The van der Waals surface area contributed by atoms with Gasteiger partial charge in [0.1, 0.15) is 6.04 Å². The maximum atomic E-state index is 13.3. The first-order valence-corrected chi connectivity index (χ1v) is 10.0. The van der Waals surface area contributed by atoms with E-state index in [0.717, 1.165) is 12.1 Å². The number of hydrogen-bond acceptors (Lipinski definition) is 6. The van der Waals surface area contributed by atoms with Crippen molar-refractivity contribution in [2.24, 2.45) is 5.92 Å². The van der Waals surface area contributed by atoms with Gasteiger partial charge in [-0.05, 0) is 44.4 Å². The maximum absolute atomic E-state index is 13.3. The lowest BCUT2D eigenvalue weighted by molar-refractivity contribution is -0.148. The highest BCUT2D eigenvalue weighted by atomic mass is 19.2. The molecular weight excluding hydrogens is 414 g/mol. The Kier molecular flexibility index (Phi) is 11.2. The van der Waals surface area contributed by atoms with Gasteiger partial charge in [0.25, 0.3) is 0 Å². The van der Waals surface area contributed by atoms with Crippen LogP contribution in [-0.2, 0) is 35.1 Å². The second-order valence-corrected chi connectivity index (χ2v) is 6.79. The minimum atomic E-state index is -1.06. The van der Waals surface area contributed by atoms with Crippen molar-refractivity contribution in [2.75, 3.05) is 19.8 Å². The highest BCUT2D eigenvalue weighted by Crippen LogP contribution is 2.13. The molecule has 1 rings (SSSR count). The zero-order valence-electron chi connectivity index (χ0n) is 17.8. The summed E-state index contributed by atoms with van der Waals surface area (Å²) in [4.78, 5) is 47.9. The predicted molar refractivity (Wildman–Crippen MR) is 107 cm³/mol. The minimum absolute atomic E-state index is 0.0100. The Morgan fingerprint density at radius 3 is 2.32 bits per heavy atom. The number of ether oxygens (including phenoxy) is 2. The minimum Gasteiger partial charge on any atom is -0.466 e. The second kappa shape index (κ2) is 13.3. The van der Waals surface area contributed by atoms with Crippen molar-refractivity contribution in [1.29, 1.82) is 0 Å². The fourth-order valence-electron chi connectivity index (χ4n) is 2.69. The summed E-state index contributed by atoms with van der Waals surface area (Å²) in [5.41, 5.74) is 0.437. The molecule has 0 fully saturated rings. The number of amides is 2. The van der Waals surface area contributed by atoms with Gasteiger partial charge < -0.3 is 20.1 Å². The summed E-state index contributed by atoms with van der Waals surface area (Å²) >= 11 is 0. The fraction of sp³-hybridized carbons (Fsp3) is 0.524. The Bertz CT molecular complexity index is 787. The number of benzene rings is 1. The van der Waals surface area contributed by atoms with Crippen molar-refractivity contribution in [3.8, 4) is 0 Å². The predicted octanol–water partition coefficient (Wildman–Crippen LogP) is 1.65. The molecule has 31 heavy (non-hydrogen) atoms. The molecule has 0 saturated carbocycles. The third-order valence-electron chi connectivity index (χ3n) is 4.25. The van der Waals surface area contributed by atoms with Crippen LogP contribution in [0.3, 0.4) is 0 Å². The monoisotopic (exact) mass is 442 g/mol. The lowest BCUT2D eigenvalue weighted by Gasteiger charge is -2.18. The molecule has 2 N–H and O–H groups in total. The standard InChI is InChI=1S/C21H28F2N2O6/c1-4-30-19(27)9-8-17(21(29)31-5-2)25-18(26)12-24-20(28)13(3)10-14-6-7-15(22)16(23)11-14/h6-7,11,13,17H,4-5,8-10,12H2,1-3H3,(H,24,28)(H,25,26). The Hall–Kier alpha value is -3.04. The van der Waals surface area contributed by atoms with Crippen LogP contribution in [0, 0.1) is 17.6 Å². The molecule has 0 saturated heterocycles. The van der Waals surface area contributed by atoms with E-state index in [0.29, 0.717) is 5.56 Å². The molecule has 0 aromatic heterocycles. The normalized spacial score (nSPS) is 12.4. The van der Waals surface area contributed by atoms with Gasteiger partial charge in [-0.15, -0.1) is 0 Å². The van der Waals surface area contributed by atoms with Crippen LogP contribution in [0.2, 0.25) is 0 Å². The van der Waals surface area contributed by atoms with Crippen molar-refractivity contribution in [2.45, 2.75) is 46.1 Å². The zero-order valence-corrected chi connectivity index (χ0v) is 17.8. The molecular formula is C21H28F2N2O6. The van der Waals surface area contributed by atoms with Crippen molar-refractivity contribution in [3.05, 3.63) is 35.4 Å². The van der Waals surface area contributed by atoms with Gasteiger partial charge in [-0.1, -0.05) is 13.0 Å². The topological polar surface area (TPSA) is 111 Å². The number of halogens is 2. The van der Waals surface area contributed by atoms with E-state index in [1.807, 2.05) is 0 Å². The first kappa shape index (κ1) is 26.0. The van der Waals surface area contributed by atoms with E-state index >= 15 is 0 Å². The second-order valence-electron chi connectivity index (χ2n) is 6.79. The van der Waals surface area contributed by atoms with Crippen molar-refractivity contribution in [3.63, 3.8) is 0 Å². The third kappa shape index (κ3) is 9.54. The van der Waals surface area contributed by atoms with Crippen molar-refractivity contribution < 1.29 is 37.4 Å². The molecule has 0 aliphatic rings. The van der Waals surface area contributed by atoms with E-state index in [2.05, 4.69) is 10.6 Å². The van der Waals surface area contributed by atoms with Crippen LogP contribution < -0.4 is 10.6 Å². The van der Waals surface area contributed by atoms with Gasteiger partial charge in [-0.2, -0.15) is 0 Å². The molecule has 0 spiro atoms. The van der Waals surface area contributed by atoms with Crippen LogP contribution in [-0.4, -0.2) is 49.6 Å². The van der Waals surface area contributed by atoms with Crippen LogP contribution in [0.25, 0.3) is 0 Å². The number of carbonyl (C=O) groups excluding carboxylic acids is 4. The number of hydrogen-bond donors (Lipinski definition) is 2. The summed E-state index contributed by atoms with van der Waals surface area (Å²) in [5.74, 6) is -4.91. The SMILES string of the molecule is CCOC(=O)CCC(NC(=O)CNC(=O)C(C)Cc1ccc(F)c(F)c1)C(=O)OCC. The summed E-state index contributed by atoms with van der Waals surface area (Å²) in [5, 5.41) is 4.86. The molecule has 2 unspecified atom stereocenters. The number of esters is 2. The average Bonchev–Trinajstić information content (AvgIpc) is 2.72. The van der Waals surface area contributed by atoms with Gasteiger partial charge in [-0.3, -0.25) is 14.4 Å². The van der Waals surface area contributed by atoms with Gasteiger partial charge in [0.2, 0.25) is 11.8 Å². The molecule has 0 aliphatic heterocycles. The van der Waals surface area contributed by atoms with Crippen LogP contribution in [0.15, 0.2) is 18.2 Å². The highest BCUT2D eigenvalue weighted by Gasteiger charge is 2.24. The quantitative estimate of drug-likeness (QED) is 0.476. The molecule has 8 nitrogen and oxygen atoms in total. The molecule has 172 valence electrons. The number of carbonyl (C=O) groups is 4. The lowest BCUT2D eigenvalue weighted by atomic mass is 10.0. The first-order valence-electron chi connectivity index (χ1n) is 10.0. The van der Waals surface area contributed by atoms with Gasteiger partial charge in [0, 0.05) is 12.3 Å². The molecule has 0 radical (unpaired) electrons. The smallest absolute Gasteiger partial charge is 0.328 e. The van der Waals surface area contributed by atoms with E-state index in [9.17, 15) is 28.0 Å².